The molecule has 0 N–H and O–H groups in total. The molecule has 1 amide bonds. The third kappa shape index (κ3) is 3.66. The van der Waals surface area contributed by atoms with Gasteiger partial charge >= 0.3 is 0 Å². The van der Waals surface area contributed by atoms with Crippen molar-refractivity contribution in [2.45, 2.75) is 45.6 Å². The molecule has 5 nitrogen and oxygen atoms in total. The second-order valence-electron chi connectivity index (χ2n) is 9.28. The smallest absolute Gasteiger partial charge is 0.253 e. The standard InChI is InChI=1S/C23H31N3O2S/c1-16-7-11-25(12-8-16)23(27)18-5-6-21-19(13-18)20-15-24(14-17-3-4-17)10-9-22(20)26(21)29(2)28/h5-6,13,16-17H,3-4,7-12,14-15H2,1-2H3. The van der Waals surface area contributed by atoms with Crippen LogP contribution in [0.15, 0.2) is 18.2 Å². The Morgan fingerprint density at radius 3 is 2.59 bits per heavy atom. The van der Waals surface area contributed by atoms with E-state index in [0.29, 0.717) is 5.92 Å². The van der Waals surface area contributed by atoms with E-state index in [-0.39, 0.29) is 5.91 Å². The van der Waals surface area contributed by atoms with Gasteiger partial charge in [0.15, 0.2) is 0 Å². The Labute approximate surface area is 175 Å². The van der Waals surface area contributed by atoms with Crippen LogP contribution in [0, 0.1) is 11.8 Å². The number of piperidine rings is 1. The molecule has 29 heavy (non-hydrogen) atoms. The lowest BCUT2D eigenvalue weighted by molar-refractivity contribution is 0.0697. The van der Waals surface area contributed by atoms with Gasteiger partial charge in [-0.2, -0.15) is 0 Å². The summed E-state index contributed by atoms with van der Waals surface area (Å²) in [5.41, 5.74) is 4.26. The lowest BCUT2D eigenvalue weighted by Gasteiger charge is -2.30. The molecule has 1 unspecified atom stereocenters. The minimum absolute atomic E-state index is 0.142. The van der Waals surface area contributed by atoms with Gasteiger partial charge < -0.3 is 4.90 Å². The zero-order valence-electron chi connectivity index (χ0n) is 17.5. The highest BCUT2D eigenvalue weighted by Gasteiger charge is 2.30. The number of fused-ring (bicyclic) bond motifs is 3. The Morgan fingerprint density at radius 1 is 1.14 bits per heavy atom. The van der Waals surface area contributed by atoms with Gasteiger partial charge in [-0.15, -0.1) is 0 Å². The van der Waals surface area contributed by atoms with Crippen molar-refractivity contribution in [3.63, 3.8) is 0 Å². The number of rotatable bonds is 4. The number of aromatic nitrogens is 1. The molecule has 156 valence electrons. The number of nitrogens with zero attached hydrogens (tertiary/aromatic N) is 3. The van der Waals surface area contributed by atoms with Gasteiger partial charge in [0.25, 0.3) is 5.91 Å². The minimum atomic E-state index is -1.09. The molecule has 1 saturated heterocycles. The number of amides is 1. The van der Waals surface area contributed by atoms with Crippen LogP contribution >= 0.6 is 0 Å². The average molecular weight is 414 g/mol. The van der Waals surface area contributed by atoms with Crippen molar-refractivity contribution in [3.05, 3.63) is 35.0 Å². The predicted octanol–water partition coefficient (Wildman–Crippen LogP) is 3.42. The second kappa shape index (κ2) is 7.55. The maximum absolute atomic E-state index is 13.1. The Kier molecular flexibility index (Phi) is 5.03. The molecule has 2 aliphatic heterocycles. The van der Waals surface area contributed by atoms with E-state index in [2.05, 4.69) is 17.9 Å². The Hall–Kier alpha value is -1.66. The second-order valence-corrected chi connectivity index (χ2v) is 10.5. The monoisotopic (exact) mass is 413 g/mol. The van der Waals surface area contributed by atoms with Crippen LogP contribution in [0.25, 0.3) is 10.9 Å². The third-order valence-corrected chi connectivity index (χ3v) is 7.90. The van der Waals surface area contributed by atoms with Crippen LogP contribution in [0.4, 0.5) is 0 Å². The summed E-state index contributed by atoms with van der Waals surface area (Å²) in [6.07, 6.45) is 7.58. The van der Waals surface area contributed by atoms with Gasteiger partial charge in [0.2, 0.25) is 0 Å². The summed E-state index contributed by atoms with van der Waals surface area (Å²) in [4.78, 5) is 17.7. The number of hydrogen-bond donors (Lipinski definition) is 0. The molecule has 0 bridgehead atoms. The lowest BCUT2D eigenvalue weighted by atomic mass is 9.98. The topological polar surface area (TPSA) is 45.6 Å². The number of carbonyl (C=O) groups is 1. The third-order valence-electron chi connectivity index (χ3n) is 6.97. The van der Waals surface area contributed by atoms with Gasteiger partial charge in [-0.25, -0.2) is 4.21 Å². The van der Waals surface area contributed by atoms with Crippen molar-refractivity contribution in [1.82, 2.24) is 13.8 Å². The van der Waals surface area contributed by atoms with Gasteiger partial charge in [0, 0.05) is 62.0 Å². The molecule has 3 heterocycles. The Morgan fingerprint density at radius 2 is 1.90 bits per heavy atom. The fourth-order valence-corrected chi connectivity index (χ4v) is 5.96. The molecular formula is C23H31N3O2S. The number of benzene rings is 1. The van der Waals surface area contributed by atoms with Gasteiger partial charge in [-0.05, 0) is 61.3 Å². The number of carbonyl (C=O) groups excluding carboxylic acids is 1. The summed E-state index contributed by atoms with van der Waals surface area (Å²) in [5.74, 6) is 1.71. The first-order valence-electron chi connectivity index (χ1n) is 11.0. The minimum Gasteiger partial charge on any atom is -0.339 e. The van der Waals surface area contributed by atoms with Crippen molar-refractivity contribution >= 4 is 27.8 Å². The Balaban J connectivity index is 1.51. The highest BCUT2D eigenvalue weighted by molar-refractivity contribution is 7.82. The van der Waals surface area contributed by atoms with E-state index in [1.54, 1.807) is 6.26 Å². The molecule has 6 heteroatoms. The van der Waals surface area contributed by atoms with Crippen LogP contribution in [0.3, 0.4) is 0 Å². The molecule has 5 rings (SSSR count). The van der Waals surface area contributed by atoms with Crippen molar-refractivity contribution in [1.29, 1.82) is 0 Å². The summed E-state index contributed by atoms with van der Waals surface area (Å²) < 4.78 is 14.5. The first kappa shape index (κ1) is 19.3. The number of hydrogen-bond acceptors (Lipinski definition) is 3. The van der Waals surface area contributed by atoms with E-state index >= 15 is 0 Å². The first-order valence-corrected chi connectivity index (χ1v) is 12.5. The van der Waals surface area contributed by atoms with E-state index < -0.39 is 11.0 Å². The lowest BCUT2D eigenvalue weighted by Crippen LogP contribution is -2.37. The van der Waals surface area contributed by atoms with Crippen molar-refractivity contribution in [2.75, 3.05) is 32.4 Å². The Bertz CT molecular complexity index is 970. The van der Waals surface area contributed by atoms with Crippen LogP contribution in [0.1, 0.15) is 54.2 Å². The molecule has 1 aliphatic carbocycles. The maximum Gasteiger partial charge on any atom is 0.253 e. The maximum atomic E-state index is 13.1. The highest BCUT2D eigenvalue weighted by Crippen LogP contribution is 2.35. The molecule has 2 fully saturated rings. The molecule has 0 spiro atoms. The number of likely N-dealkylation sites (tertiary alicyclic amines) is 1. The van der Waals surface area contributed by atoms with Crippen LogP contribution in [-0.2, 0) is 24.0 Å². The summed E-state index contributed by atoms with van der Waals surface area (Å²) in [7, 11) is -1.09. The molecule has 1 aromatic carbocycles. The van der Waals surface area contributed by atoms with Crippen LogP contribution < -0.4 is 0 Å². The largest absolute Gasteiger partial charge is 0.339 e. The molecule has 0 radical (unpaired) electrons. The summed E-state index contributed by atoms with van der Waals surface area (Å²) >= 11 is 0. The molecule has 3 aliphatic rings. The van der Waals surface area contributed by atoms with E-state index in [4.69, 9.17) is 0 Å². The first-order chi connectivity index (χ1) is 14.0. The van der Waals surface area contributed by atoms with E-state index in [0.717, 1.165) is 67.8 Å². The molecule has 1 aromatic heterocycles. The van der Waals surface area contributed by atoms with Gasteiger partial charge in [-0.3, -0.25) is 13.7 Å². The summed E-state index contributed by atoms with van der Waals surface area (Å²) in [6, 6.07) is 6.01. The molecular weight excluding hydrogens is 382 g/mol. The normalized spacial score (nSPS) is 22.1. The zero-order chi connectivity index (χ0) is 20.1. The molecule has 1 saturated carbocycles. The zero-order valence-corrected chi connectivity index (χ0v) is 18.3. The summed E-state index contributed by atoms with van der Waals surface area (Å²) in [5, 5.41) is 1.12. The predicted molar refractivity (Wildman–Crippen MR) is 117 cm³/mol. The fraction of sp³-hybridized carbons (Fsp3) is 0.609. The quantitative estimate of drug-likeness (QED) is 0.772. The van der Waals surface area contributed by atoms with Crippen LogP contribution in [-0.4, -0.2) is 56.3 Å². The van der Waals surface area contributed by atoms with Crippen molar-refractivity contribution < 1.29 is 9.00 Å². The van der Waals surface area contributed by atoms with E-state index in [1.807, 2.05) is 21.0 Å². The van der Waals surface area contributed by atoms with Crippen molar-refractivity contribution in [2.24, 2.45) is 11.8 Å². The SMILES string of the molecule is CC1CCN(C(=O)c2ccc3c(c2)c2c(n3S(C)=O)CCN(CC3CC3)C2)CC1. The summed E-state index contributed by atoms with van der Waals surface area (Å²) in [6.45, 7) is 7.09. The van der Waals surface area contributed by atoms with Crippen LogP contribution in [0.2, 0.25) is 0 Å². The highest BCUT2D eigenvalue weighted by atomic mass is 32.2. The van der Waals surface area contributed by atoms with E-state index in [9.17, 15) is 9.00 Å². The van der Waals surface area contributed by atoms with Gasteiger partial charge in [0.1, 0.15) is 11.0 Å². The van der Waals surface area contributed by atoms with Gasteiger partial charge in [0.05, 0.1) is 5.52 Å². The van der Waals surface area contributed by atoms with Crippen molar-refractivity contribution in [3.8, 4) is 0 Å². The fourth-order valence-electron chi connectivity index (χ4n) is 5.02. The van der Waals surface area contributed by atoms with E-state index in [1.165, 1.54) is 30.6 Å². The van der Waals surface area contributed by atoms with Crippen LogP contribution in [0.5, 0.6) is 0 Å². The van der Waals surface area contributed by atoms with Gasteiger partial charge in [-0.1, -0.05) is 6.92 Å². The average Bonchev–Trinajstić information content (AvgIpc) is 3.47. The molecule has 2 aromatic rings. The molecule has 1 atom stereocenters.